The van der Waals surface area contributed by atoms with E-state index in [9.17, 15) is 9.59 Å². The van der Waals surface area contributed by atoms with Crippen LogP contribution in [0, 0.1) is 6.92 Å². The summed E-state index contributed by atoms with van der Waals surface area (Å²) in [5.41, 5.74) is 3.85. The molecule has 1 aliphatic rings. The third-order valence-corrected chi connectivity index (χ3v) is 6.24. The van der Waals surface area contributed by atoms with Crippen molar-refractivity contribution in [2.75, 3.05) is 6.54 Å². The summed E-state index contributed by atoms with van der Waals surface area (Å²) in [4.78, 5) is 29.8. The molecular weight excluding hydrogens is 442 g/mol. The summed E-state index contributed by atoms with van der Waals surface area (Å²) in [6, 6.07) is 13.7. The smallest absolute Gasteiger partial charge is 0.323 e. The van der Waals surface area contributed by atoms with E-state index in [1.165, 1.54) is 5.56 Å². The first-order chi connectivity index (χ1) is 14.3. The zero-order chi connectivity index (χ0) is 21.4. The number of benzene rings is 2. The number of nitrogens with zero attached hydrogens (tertiary/aromatic N) is 3. The van der Waals surface area contributed by atoms with E-state index in [2.05, 4.69) is 4.98 Å². The molecular formula is C21H16ClN3O3S2. The van der Waals surface area contributed by atoms with Gasteiger partial charge in [-0.05, 0) is 30.7 Å². The Kier molecular flexibility index (Phi) is 5.64. The minimum absolute atomic E-state index is 0.220. The highest BCUT2D eigenvalue weighted by Gasteiger charge is 2.33. The summed E-state index contributed by atoms with van der Waals surface area (Å²) in [6.07, 6.45) is 1.66. The van der Waals surface area contributed by atoms with Crippen molar-refractivity contribution in [2.45, 2.75) is 13.5 Å². The first-order valence-corrected chi connectivity index (χ1v) is 10.6. The number of hydrogen-bond acceptors (Lipinski definition) is 5. The average molecular weight is 458 g/mol. The van der Waals surface area contributed by atoms with Gasteiger partial charge in [0.25, 0.3) is 5.91 Å². The molecule has 0 aliphatic carbocycles. The Morgan fingerprint density at radius 2 is 2.00 bits per heavy atom. The van der Waals surface area contributed by atoms with Gasteiger partial charge in [-0.25, -0.2) is 4.98 Å². The third kappa shape index (κ3) is 4.12. The summed E-state index contributed by atoms with van der Waals surface area (Å²) in [5.74, 6) is -0.975. The zero-order valence-corrected chi connectivity index (χ0v) is 18.2. The van der Waals surface area contributed by atoms with Gasteiger partial charge in [-0.3, -0.25) is 14.5 Å². The van der Waals surface area contributed by atoms with Crippen molar-refractivity contribution in [3.8, 4) is 0 Å². The number of aryl methyl sites for hydroxylation is 1. The number of aliphatic carboxylic acids is 1. The predicted octanol–water partition coefficient (Wildman–Crippen LogP) is 4.33. The maximum Gasteiger partial charge on any atom is 0.323 e. The van der Waals surface area contributed by atoms with Crippen LogP contribution in [-0.4, -0.2) is 42.3 Å². The molecule has 2 heterocycles. The number of fused-ring (bicyclic) bond motifs is 1. The molecule has 1 amide bonds. The van der Waals surface area contributed by atoms with Crippen LogP contribution in [0.25, 0.3) is 17.1 Å². The van der Waals surface area contributed by atoms with Gasteiger partial charge in [0.15, 0.2) is 0 Å². The number of thiocarbonyl (C=S) groups is 1. The van der Waals surface area contributed by atoms with Crippen molar-refractivity contribution in [1.82, 2.24) is 14.5 Å². The highest BCUT2D eigenvalue weighted by Crippen LogP contribution is 2.33. The van der Waals surface area contributed by atoms with Crippen molar-refractivity contribution in [1.29, 1.82) is 0 Å². The van der Waals surface area contributed by atoms with E-state index in [4.69, 9.17) is 28.9 Å². The number of rotatable bonds is 5. The maximum absolute atomic E-state index is 12.7. The molecule has 0 atom stereocenters. The summed E-state index contributed by atoms with van der Waals surface area (Å²) in [6.45, 7) is 2.13. The van der Waals surface area contributed by atoms with Crippen LogP contribution in [-0.2, 0) is 16.1 Å². The van der Waals surface area contributed by atoms with Crippen LogP contribution in [0.1, 0.15) is 17.0 Å². The van der Waals surface area contributed by atoms with Crippen molar-refractivity contribution >= 4 is 68.9 Å². The van der Waals surface area contributed by atoms with Crippen LogP contribution in [0.2, 0.25) is 5.02 Å². The number of halogens is 1. The molecule has 30 heavy (non-hydrogen) atoms. The van der Waals surface area contributed by atoms with Gasteiger partial charge in [-0.2, -0.15) is 0 Å². The van der Waals surface area contributed by atoms with Gasteiger partial charge in [0.1, 0.15) is 16.7 Å². The molecule has 1 fully saturated rings. The van der Waals surface area contributed by atoms with Crippen LogP contribution in [0.4, 0.5) is 0 Å². The molecule has 1 aromatic heterocycles. The molecule has 9 heteroatoms. The van der Waals surface area contributed by atoms with Gasteiger partial charge in [-0.15, -0.1) is 0 Å². The van der Waals surface area contributed by atoms with Gasteiger partial charge < -0.3 is 9.67 Å². The van der Waals surface area contributed by atoms with E-state index >= 15 is 0 Å². The Labute approximate surface area is 187 Å². The largest absolute Gasteiger partial charge is 0.480 e. The first kappa shape index (κ1) is 20.6. The number of carboxylic acids is 1. The summed E-state index contributed by atoms with van der Waals surface area (Å²) in [7, 11) is 0. The molecule has 0 radical (unpaired) electrons. The van der Waals surface area contributed by atoms with Gasteiger partial charge in [0.2, 0.25) is 0 Å². The molecule has 1 aliphatic heterocycles. The second-order valence-electron chi connectivity index (χ2n) is 6.84. The lowest BCUT2D eigenvalue weighted by atomic mass is 10.1. The Bertz CT molecular complexity index is 1220. The molecule has 152 valence electrons. The van der Waals surface area contributed by atoms with Crippen molar-refractivity contribution in [3.63, 3.8) is 0 Å². The quantitative estimate of drug-likeness (QED) is 0.454. The van der Waals surface area contributed by atoms with E-state index in [-0.39, 0.29) is 4.32 Å². The highest BCUT2D eigenvalue weighted by molar-refractivity contribution is 8.26. The second kappa shape index (κ2) is 8.22. The fraction of sp³-hybridized carbons (Fsp3) is 0.143. The number of carbonyl (C=O) groups excluding carboxylic acids is 1. The highest BCUT2D eigenvalue weighted by atomic mass is 35.5. The number of carbonyl (C=O) groups is 2. The molecule has 0 saturated carbocycles. The van der Waals surface area contributed by atoms with Gasteiger partial charge >= 0.3 is 5.97 Å². The zero-order valence-electron chi connectivity index (χ0n) is 15.8. The number of carboxylic acid groups (broad SMARTS) is 1. The van der Waals surface area contributed by atoms with Crippen LogP contribution >= 0.6 is 35.6 Å². The second-order valence-corrected chi connectivity index (χ2v) is 8.95. The van der Waals surface area contributed by atoms with Crippen molar-refractivity contribution < 1.29 is 14.7 Å². The number of thioether (sulfide) groups is 1. The molecule has 0 bridgehead atoms. The molecule has 0 unspecified atom stereocenters. The SMILES string of the molecule is Cc1ccc(Cn2c(/C=C3\SC(=S)N(CC(=O)O)C3=O)nc3cc(Cl)ccc32)cc1. The number of aromatic nitrogens is 2. The molecule has 1 N–H and O–H groups in total. The van der Waals surface area contributed by atoms with Gasteiger partial charge in [0.05, 0.1) is 15.9 Å². The molecule has 1 saturated heterocycles. The molecule has 4 rings (SSSR count). The number of hydrogen-bond donors (Lipinski definition) is 1. The average Bonchev–Trinajstić information content (AvgIpc) is 3.15. The molecule has 6 nitrogen and oxygen atoms in total. The maximum atomic E-state index is 12.7. The summed E-state index contributed by atoms with van der Waals surface area (Å²) >= 11 is 12.4. The summed E-state index contributed by atoms with van der Waals surface area (Å²) < 4.78 is 2.22. The standard InChI is InChI=1S/C21H16ClN3O3S2/c1-12-2-4-13(5-3-12)10-24-16-7-6-14(22)8-15(16)23-18(24)9-17-20(28)25(11-19(26)27)21(29)30-17/h2-9H,10-11H2,1H3,(H,26,27)/b17-9-. The lowest BCUT2D eigenvalue weighted by molar-refractivity contribution is -0.140. The van der Waals surface area contributed by atoms with Crippen LogP contribution < -0.4 is 0 Å². The Hall–Kier alpha value is -2.68. The van der Waals surface area contributed by atoms with Crippen molar-refractivity contribution in [2.24, 2.45) is 0 Å². The monoisotopic (exact) mass is 457 g/mol. The minimum Gasteiger partial charge on any atom is -0.480 e. The van der Waals surface area contributed by atoms with Gasteiger partial charge in [0, 0.05) is 17.6 Å². The fourth-order valence-electron chi connectivity index (χ4n) is 3.16. The van der Waals surface area contributed by atoms with Crippen LogP contribution in [0.3, 0.4) is 0 Å². The van der Waals surface area contributed by atoms with Crippen LogP contribution in [0.5, 0.6) is 0 Å². The molecule has 3 aromatic rings. The Morgan fingerprint density at radius 3 is 2.70 bits per heavy atom. The summed E-state index contributed by atoms with van der Waals surface area (Å²) in [5, 5.41) is 9.59. The molecule has 2 aromatic carbocycles. The van der Waals surface area contributed by atoms with Crippen LogP contribution in [0.15, 0.2) is 47.4 Å². The van der Waals surface area contributed by atoms with E-state index in [0.29, 0.717) is 27.8 Å². The molecule has 0 spiro atoms. The van der Waals surface area contributed by atoms with Crippen molar-refractivity contribution in [3.05, 3.63) is 69.3 Å². The number of imidazole rings is 1. The lowest BCUT2D eigenvalue weighted by Gasteiger charge is -2.10. The minimum atomic E-state index is -1.12. The first-order valence-electron chi connectivity index (χ1n) is 9.00. The Balaban J connectivity index is 1.77. The van der Waals surface area contributed by atoms with E-state index in [1.807, 2.05) is 41.8 Å². The Morgan fingerprint density at radius 1 is 1.27 bits per heavy atom. The predicted molar refractivity (Wildman–Crippen MR) is 123 cm³/mol. The lowest BCUT2D eigenvalue weighted by Crippen LogP contribution is -2.33. The normalized spacial score (nSPS) is 15.5. The van der Waals surface area contributed by atoms with E-state index in [0.717, 1.165) is 27.7 Å². The van der Waals surface area contributed by atoms with E-state index in [1.54, 1.807) is 18.2 Å². The van der Waals surface area contributed by atoms with Gasteiger partial charge in [-0.1, -0.05) is 65.4 Å². The fourth-order valence-corrected chi connectivity index (χ4v) is 4.55. The third-order valence-electron chi connectivity index (χ3n) is 4.63. The van der Waals surface area contributed by atoms with E-state index < -0.39 is 18.4 Å². The number of amides is 1. The topological polar surface area (TPSA) is 75.4 Å².